The van der Waals surface area contributed by atoms with Gasteiger partial charge in [-0.1, -0.05) is 17.7 Å². The summed E-state index contributed by atoms with van der Waals surface area (Å²) < 4.78 is 0.930. The fourth-order valence-electron chi connectivity index (χ4n) is 2.83. The number of nitrogens with two attached hydrogens (primary N) is 1. The van der Waals surface area contributed by atoms with Gasteiger partial charge in [0.25, 0.3) is 5.91 Å². The van der Waals surface area contributed by atoms with E-state index >= 15 is 0 Å². The van der Waals surface area contributed by atoms with Crippen LogP contribution in [0, 0.1) is 5.92 Å². The first-order valence-electron chi connectivity index (χ1n) is 6.98. The Hall–Kier alpha value is -1.30. The molecule has 3 rings (SSSR count). The molecule has 1 saturated heterocycles. The summed E-state index contributed by atoms with van der Waals surface area (Å²) in [6.45, 7) is 1.44. The lowest BCUT2D eigenvalue weighted by molar-refractivity contribution is 0.0626. The molecule has 2 aromatic rings. The second-order valence-corrected chi connectivity index (χ2v) is 6.86. The number of rotatable bonds is 2. The average molecular weight is 325 g/mol. The molecular weight excluding hydrogens is 308 g/mol. The van der Waals surface area contributed by atoms with Crippen molar-refractivity contribution in [2.75, 3.05) is 25.4 Å². The molecule has 112 valence electrons. The summed E-state index contributed by atoms with van der Waals surface area (Å²) in [6, 6.07) is 5.56. The maximum atomic E-state index is 12.7. The number of amides is 1. The molecule has 1 aliphatic heterocycles. The molecule has 0 spiro atoms. The Morgan fingerprint density at radius 2 is 2.33 bits per heavy atom. The number of fused-ring (bicyclic) bond motifs is 1. The van der Waals surface area contributed by atoms with Crippen molar-refractivity contribution in [1.29, 1.82) is 0 Å². The minimum atomic E-state index is -0.0529. The van der Waals surface area contributed by atoms with Gasteiger partial charge in [0, 0.05) is 29.8 Å². The number of piperidine rings is 1. The number of aliphatic hydroxyl groups is 1. The predicted octanol–water partition coefficient (Wildman–Crippen LogP) is 2.98. The van der Waals surface area contributed by atoms with E-state index in [0.29, 0.717) is 22.1 Å². The average Bonchev–Trinajstić information content (AvgIpc) is 2.85. The van der Waals surface area contributed by atoms with E-state index in [1.54, 1.807) is 11.0 Å². The number of carbonyl (C=O) groups excluding carboxylic acids is 1. The van der Waals surface area contributed by atoms with Crippen LogP contribution in [0.5, 0.6) is 0 Å². The van der Waals surface area contributed by atoms with E-state index in [2.05, 4.69) is 0 Å². The molecule has 21 heavy (non-hydrogen) atoms. The van der Waals surface area contributed by atoms with Gasteiger partial charge >= 0.3 is 0 Å². The first-order chi connectivity index (χ1) is 10.1. The number of benzene rings is 1. The van der Waals surface area contributed by atoms with Crippen LogP contribution in [-0.2, 0) is 0 Å². The standard InChI is InChI=1S/C15H17ClN2O2S/c16-10-4-1-5-11-12(10)13(17)14(21-11)15(20)18-6-2-3-9(7-18)8-19/h1,4-5,9,19H,2-3,6-8,17H2. The number of nitrogen functional groups attached to an aromatic ring is 1. The third kappa shape index (κ3) is 2.61. The van der Waals surface area contributed by atoms with Crippen LogP contribution in [0.25, 0.3) is 10.1 Å². The molecule has 3 N–H and O–H groups in total. The molecule has 0 bridgehead atoms. The van der Waals surface area contributed by atoms with Crippen molar-refractivity contribution in [2.45, 2.75) is 12.8 Å². The minimum Gasteiger partial charge on any atom is -0.397 e. The summed E-state index contributed by atoms with van der Waals surface area (Å²) in [6.07, 6.45) is 1.89. The van der Waals surface area contributed by atoms with Crippen molar-refractivity contribution in [3.05, 3.63) is 28.1 Å². The van der Waals surface area contributed by atoms with E-state index in [-0.39, 0.29) is 18.4 Å². The Balaban J connectivity index is 1.95. The number of nitrogens with zero attached hydrogens (tertiary/aromatic N) is 1. The Bertz CT molecular complexity index is 686. The highest BCUT2D eigenvalue weighted by atomic mass is 35.5. The number of aliphatic hydroxyl groups excluding tert-OH is 1. The summed E-state index contributed by atoms with van der Waals surface area (Å²) in [7, 11) is 0. The predicted molar refractivity (Wildman–Crippen MR) is 87.0 cm³/mol. The van der Waals surface area contributed by atoms with Gasteiger partial charge in [-0.15, -0.1) is 11.3 Å². The van der Waals surface area contributed by atoms with Gasteiger partial charge in [-0.25, -0.2) is 0 Å². The molecule has 6 heteroatoms. The van der Waals surface area contributed by atoms with Gasteiger partial charge in [-0.05, 0) is 30.9 Å². The molecule has 1 unspecified atom stereocenters. The van der Waals surface area contributed by atoms with Crippen molar-refractivity contribution in [2.24, 2.45) is 5.92 Å². The second kappa shape index (κ2) is 5.83. The first-order valence-corrected chi connectivity index (χ1v) is 8.18. The van der Waals surface area contributed by atoms with Crippen molar-refractivity contribution in [1.82, 2.24) is 4.90 Å². The van der Waals surface area contributed by atoms with Crippen LogP contribution >= 0.6 is 22.9 Å². The number of thiophene rings is 1. The van der Waals surface area contributed by atoms with Crippen molar-refractivity contribution in [3.63, 3.8) is 0 Å². The van der Waals surface area contributed by atoms with Gasteiger partial charge in [-0.2, -0.15) is 0 Å². The number of anilines is 1. The highest BCUT2D eigenvalue weighted by molar-refractivity contribution is 7.21. The monoisotopic (exact) mass is 324 g/mol. The van der Waals surface area contributed by atoms with E-state index in [4.69, 9.17) is 17.3 Å². The molecule has 2 heterocycles. The van der Waals surface area contributed by atoms with Gasteiger partial charge in [-0.3, -0.25) is 4.79 Å². The third-order valence-corrected chi connectivity index (χ3v) is 5.43. The summed E-state index contributed by atoms with van der Waals surface area (Å²) in [5.74, 6) is 0.116. The molecule has 1 amide bonds. The maximum Gasteiger partial charge on any atom is 0.266 e. The molecule has 0 radical (unpaired) electrons. The highest BCUT2D eigenvalue weighted by Crippen LogP contribution is 2.38. The van der Waals surface area contributed by atoms with E-state index < -0.39 is 0 Å². The Morgan fingerprint density at radius 1 is 1.52 bits per heavy atom. The smallest absolute Gasteiger partial charge is 0.266 e. The van der Waals surface area contributed by atoms with Crippen molar-refractivity contribution >= 4 is 44.6 Å². The Labute approximate surface area is 132 Å². The van der Waals surface area contributed by atoms with Crippen LogP contribution in [0.15, 0.2) is 18.2 Å². The zero-order chi connectivity index (χ0) is 15.0. The van der Waals surface area contributed by atoms with Gasteiger partial charge in [0.15, 0.2) is 0 Å². The van der Waals surface area contributed by atoms with E-state index in [9.17, 15) is 9.90 Å². The number of carbonyl (C=O) groups is 1. The normalized spacial score (nSPS) is 19.1. The fourth-order valence-corrected chi connectivity index (χ4v) is 4.28. The SMILES string of the molecule is Nc1c(C(=O)N2CCCC(CO)C2)sc2cccc(Cl)c12. The summed E-state index contributed by atoms with van der Waals surface area (Å²) in [5.41, 5.74) is 6.61. The number of hydrogen-bond donors (Lipinski definition) is 2. The molecule has 1 aromatic heterocycles. The van der Waals surface area contributed by atoms with Crippen LogP contribution in [0.2, 0.25) is 5.02 Å². The zero-order valence-corrected chi connectivity index (χ0v) is 13.1. The largest absolute Gasteiger partial charge is 0.397 e. The van der Waals surface area contributed by atoms with E-state index in [0.717, 1.165) is 29.5 Å². The summed E-state index contributed by atoms with van der Waals surface area (Å²) >= 11 is 7.57. The molecule has 1 atom stereocenters. The highest BCUT2D eigenvalue weighted by Gasteiger charge is 2.27. The number of likely N-dealkylation sites (tertiary alicyclic amines) is 1. The lowest BCUT2D eigenvalue weighted by atomic mass is 9.99. The quantitative estimate of drug-likeness (QED) is 0.892. The lowest BCUT2D eigenvalue weighted by Gasteiger charge is -2.31. The first kappa shape index (κ1) is 14.6. The topological polar surface area (TPSA) is 66.6 Å². The zero-order valence-electron chi connectivity index (χ0n) is 11.5. The molecule has 4 nitrogen and oxygen atoms in total. The van der Waals surface area contributed by atoms with Gasteiger partial charge in [0.2, 0.25) is 0 Å². The van der Waals surface area contributed by atoms with Crippen LogP contribution in [-0.4, -0.2) is 35.6 Å². The lowest BCUT2D eigenvalue weighted by Crippen LogP contribution is -2.40. The van der Waals surface area contributed by atoms with Crippen LogP contribution in [0.3, 0.4) is 0 Å². The second-order valence-electron chi connectivity index (χ2n) is 5.40. The molecule has 1 aromatic carbocycles. The fraction of sp³-hybridized carbons (Fsp3) is 0.400. The van der Waals surface area contributed by atoms with Gasteiger partial charge < -0.3 is 15.7 Å². The number of halogens is 1. The summed E-state index contributed by atoms with van der Waals surface area (Å²) in [5, 5.41) is 10.6. The maximum absolute atomic E-state index is 12.7. The molecule has 1 fully saturated rings. The number of hydrogen-bond acceptors (Lipinski definition) is 4. The van der Waals surface area contributed by atoms with Crippen LogP contribution in [0.1, 0.15) is 22.5 Å². The Morgan fingerprint density at radius 3 is 3.05 bits per heavy atom. The van der Waals surface area contributed by atoms with Crippen molar-refractivity contribution in [3.8, 4) is 0 Å². The molecule has 0 saturated carbocycles. The van der Waals surface area contributed by atoms with E-state index in [1.165, 1.54) is 11.3 Å². The van der Waals surface area contributed by atoms with Gasteiger partial charge in [0.05, 0.1) is 10.7 Å². The summed E-state index contributed by atoms with van der Waals surface area (Å²) in [4.78, 5) is 15.0. The van der Waals surface area contributed by atoms with Crippen molar-refractivity contribution < 1.29 is 9.90 Å². The Kier molecular flexibility index (Phi) is 4.06. The molecular formula is C15H17ClN2O2S. The van der Waals surface area contributed by atoms with E-state index in [1.807, 2.05) is 12.1 Å². The minimum absolute atomic E-state index is 0.0529. The van der Waals surface area contributed by atoms with Gasteiger partial charge in [0.1, 0.15) is 4.88 Å². The van der Waals surface area contributed by atoms with Crippen LogP contribution < -0.4 is 5.73 Å². The molecule has 0 aliphatic carbocycles. The molecule has 1 aliphatic rings. The van der Waals surface area contributed by atoms with Crippen LogP contribution in [0.4, 0.5) is 5.69 Å². The third-order valence-electron chi connectivity index (χ3n) is 3.96.